The summed E-state index contributed by atoms with van der Waals surface area (Å²) in [4.78, 5) is 28.2. The van der Waals surface area contributed by atoms with Crippen molar-refractivity contribution in [3.63, 3.8) is 0 Å². The molecule has 2 amide bonds. The summed E-state index contributed by atoms with van der Waals surface area (Å²) in [5, 5.41) is 3.46. The topological polar surface area (TPSA) is 58.6 Å². The number of ether oxygens (including phenoxy) is 1. The molecule has 34 heavy (non-hydrogen) atoms. The summed E-state index contributed by atoms with van der Waals surface area (Å²) in [6, 6.07) is 24.0. The van der Waals surface area contributed by atoms with Crippen molar-refractivity contribution >= 4 is 23.4 Å². The standard InChI is InChI=1S/C28H31ClN2O3/c1-3-21-13-15-25(16-14-21)34-20-27(32)31(19-23-11-8-12-24(29)17-23)26(28(33)30-4-2)18-22-9-6-5-7-10-22/h5-17,26H,3-4,18-20H2,1-2H3,(H,30,33)/t26-/m0/s1. The molecule has 3 aromatic carbocycles. The van der Waals surface area contributed by atoms with Crippen LogP contribution < -0.4 is 10.1 Å². The summed E-state index contributed by atoms with van der Waals surface area (Å²) in [6.45, 7) is 4.50. The lowest BCUT2D eigenvalue weighted by Crippen LogP contribution is -2.51. The van der Waals surface area contributed by atoms with Gasteiger partial charge in [-0.05, 0) is 54.3 Å². The fourth-order valence-electron chi connectivity index (χ4n) is 3.73. The van der Waals surface area contributed by atoms with Crippen LogP contribution in [0.2, 0.25) is 5.02 Å². The predicted molar refractivity (Wildman–Crippen MR) is 136 cm³/mol. The van der Waals surface area contributed by atoms with Gasteiger partial charge >= 0.3 is 0 Å². The SMILES string of the molecule is CCNC(=O)[C@H](Cc1ccccc1)N(Cc1cccc(Cl)c1)C(=O)COc1ccc(CC)cc1. The van der Waals surface area contributed by atoms with Crippen molar-refractivity contribution in [1.29, 1.82) is 0 Å². The molecule has 0 heterocycles. The summed E-state index contributed by atoms with van der Waals surface area (Å²) in [5.74, 6) is 0.145. The second-order valence-electron chi connectivity index (χ2n) is 8.04. The van der Waals surface area contributed by atoms with Crippen LogP contribution in [0.25, 0.3) is 0 Å². The van der Waals surface area contributed by atoms with Crippen molar-refractivity contribution in [2.75, 3.05) is 13.2 Å². The van der Waals surface area contributed by atoms with Gasteiger partial charge in [-0.1, -0.05) is 73.1 Å². The lowest BCUT2D eigenvalue weighted by molar-refractivity contribution is -0.142. The number of amides is 2. The zero-order valence-corrected chi connectivity index (χ0v) is 20.4. The number of hydrogen-bond acceptors (Lipinski definition) is 3. The maximum absolute atomic E-state index is 13.5. The highest BCUT2D eigenvalue weighted by Crippen LogP contribution is 2.18. The molecule has 0 aliphatic carbocycles. The maximum atomic E-state index is 13.5. The highest BCUT2D eigenvalue weighted by atomic mass is 35.5. The third-order valence-corrected chi connectivity index (χ3v) is 5.79. The van der Waals surface area contributed by atoms with E-state index in [1.165, 1.54) is 5.56 Å². The second kappa shape index (κ2) is 12.8. The monoisotopic (exact) mass is 478 g/mol. The van der Waals surface area contributed by atoms with E-state index in [1.54, 1.807) is 11.0 Å². The first-order valence-corrected chi connectivity index (χ1v) is 11.9. The van der Waals surface area contributed by atoms with E-state index in [0.717, 1.165) is 17.5 Å². The molecule has 1 N–H and O–H groups in total. The van der Waals surface area contributed by atoms with Gasteiger partial charge in [0.05, 0.1) is 0 Å². The molecular formula is C28H31ClN2O3. The molecule has 0 radical (unpaired) electrons. The number of hydrogen-bond donors (Lipinski definition) is 1. The first-order valence-electron chi connectivity index (χ1n) is 11.6. The van der Waals surface area contributed by atoms with Gasteiger partial charge < -0.3 is 15.0 Å². The Kier molecular flexibility index (Phi) is 9.53. The molecule has 5 nitrogen and oxygen atoms in total. The van der Waals surface area contributed by atoms with E-state index < -0.39 is 6.04 Å². The summed E-state index contributed by atoms with van der Waals surface area (Å²) in [5.41, 5.74) is 3.01. The second-order valence-corrected chi connectivity index (χ2v) is 8.47. The van der Waals surface area contributed by atoms with Crippen LogP contribution in [0.3, 0.4) is 0 Å². The van der Waals surface area contributed by atoms with Crippen LogP contribution in [0.4, 0.5) is 0 Å². The molecule has 0 saturated heterocycles. The fraction of sp³-hybridized carbons (Fsp3) is 0.286. The average Bonchev–Trinajstić information content (AvgIpc) is 2.85. The summed E-state index contributed by atoms with van der Waals surface area (Å²) >= 11 is 6.19. The first kappa shape index (κ1) is 25.3. The number of nitrogens with zero attached hydrogens (tertiary/aromatic N) is 1. The van der Waals surface area contributed by atoms with Crippen LogP contribution in [-0.4, -0.2) is 35.9 Å². The molecule has 0 unspecified atom stereocenters. The summed E-state index contributed by atoms with van der Waals surface area (Å²) < 4.78 is 5.80. The minimum absolute atomic E-state index is 0.170. The molecule has 6 heteroatoms. The van der Waals surface area contributed by atoms with E-state index >= 15 is 0 Å². The molecule has 3 rings (SSSR count). The quantitative estimate of drug-likeness (QED) is 0.419. The number of nitrogens with one attached hydrogen (secondary N) is 1. The highest BCUT2D eigenvalue weighted by Gasteiger charge is 2.30. The normalized spacial score (nSPS) is 11.5. The third kappa shape index (κ3) is 7.35. The Morgan fingerprint density at radius 3 is 2.26 bits per heavy atom. The van der Waals surface area contributed by atoms with E-state index in [4.69, 9.17) is 16.3 Å². The Hall–Kier alpha value is -3.31. The average molecular weight is 479 g/mol. The van der Waals surface area contributed by atoms with Gasteiger partial charge in [-0.3, -0.25) is 9.59 Å². The maximum Gasteiger partial charge on any atom is 0.261 e. The zero-order valence-electron chi connectivity index (χ0n) is 19.7. The van der Waals surface area contributed by atoms with Crippen molar-refractivity contribution in [3.05, 3.63) is 101 Å². The van der Waals surface area contributed by atoms with Gasteiger partial charge in [0.2, 0.25) is 5.91 Å². The number of carbonyl (C=O) groups is 2. The number of carbonyl (C=O) groups excluding carboxylic acids is 2. The van der Waals surface area contributed by atoms with E-state index in [2.05, 4.69) is 12.2 Å². The Bertz CT molecular complexity index is 1070. The zero-order chi connectivity index (χ0) is 24.3. The van der Waals surface area contributed by atoms with Crippen LogP contribution in [0.15, 0.2) is 78.9 Å². The lowest BCUT2D eigenvalue weighted by Gasteiger charge is -2.31. The van der Waals surface area contributed by atoms with Gasteiger partial charge in [-0.25, -0.2) is 0 Å². The lowest BCUT2D eigenvalue weighted by atomic mass is 10.0. The molecule has 0 aromatic heterocycles. The Morgan fingerprint density at radius 1 is 0.912 bits per heavy atom. The molecule has 3 aromatic rings. The smallest absolute Gasteiger partial charge is 0.261 e. The molecule has 1 atom stereocenters. The molecule has 178 valence electrons. The highest BCUT2D eigenvalue weighted by molar-refractivity contribution is 6.30. The molecule has 0 aliphatic heterocycles. The van der Waals surface area contributed by atoms with Gasteiger partial charge in [-0.2, -0.15) is 0 Å². The number of halogens is 1. The van der Waals surface area contributed by atoms with Gasteiger partial charge in [0, 0.05) is 24.5 Å². The number of rotatable bonds is 11. The van der Waals surface area contributed by atoms with Crippen molar-refractivity contribution < 1.29 is 14.3 Å². The Balaban J connectivity index is 1.86. The van der Waals surface area contributed by atoms with Crippen LogP contribution in [-0.2, 0) is 29.0 Å². The van der Waals surface area contributed by atoms with Crippen molar-refractivity contribution in [2.45, 2.75) is 39.3 Å². The van der Waals surface area contributed by atoms with Gasteiger partial charge in [0.1, 0.15) is 11.8 Å². The largest absolute Gasteiger partial charge is 0.484 e. The van der Waals surface area contributed by atoms with Crippen LogP contribution in [0, 0.1) is 0 Å². The summed E-state index contributed by atoms with van der Waals surface area (Å²) in [6.07, 6.45) is 1.32. The predicted octanol–water partition coefficient (Wildman–Crippen LogP) is 5.06. The number of likely N-dealkylation sites (N-methyl/N-ethyl adjacent to an activating group) is 1. The first-order chi connectivity index (χ1) is 16.5. The number of aryl methyl sites for hydroxylation is 1. The Morgan fingerprint density at radius 2 is 1.62 bits per heavy atom. The molecule has 0 spiro atoms. The van der Waals surface area contributed by atoms with E-state index in [9.17, 15) is 9.59 Å². The van der Waals surface area contributed by atoms with E-state index in [1.807, 2.05) is 79.7 Å². The van der Waals surface area contributed by atoms with Crippen molar-refractivity contribution in [3.8, 4) is 5.75 Å². The minimum atomic E-state index is -0.695. The summed E-state index contributed by atoms with van der Waals surface area (Å²) in [7, 11) is 0. The van der Waals surface area contributed by atoms with Crippen LogP contribution in [0.1, 0.15) is 30.5 Å². The third-order valence-electron chi connectivity index (χ3n) is 5.56. The Labute approximate surface area is 206 Å². The van der Waals surface area contributed by atoms with Gasteiger partial charge in [0.15, 0.2) is 6.61 Å². The van der Waals surface area contributed by atoms with Crippen molar-refractivity contribution in [1.82, 2.24) is 10.2 Å². The van der Waals surface area contributed by atoms with Gasteiger partial charge in [0.25, 0.3) is 5.91 Å². The molecule has 0 saturated carbocycles. The van der Waals surface area contributed by atoms with Crippen LogP contribution >= 0.6 is 11.6 Å². The van der Waals surface area contributed by atoms with Crippen LogP contribution in [0.5, 0.6) is 5.75 Å². The van der Waals surface area contributed by atoms with Crippen molar-refractivity contribution in [2.24, 2.45) is 0 Å². The molecular weight excluding hydrogens is 448 g/mol. The number of benzene rings is 3. The van der Waals surface area contributed by atoms with E-state index in [-0.39, 0.29) is 25.0 Å². The molecule has 0 bridgehead atoms. The molecule has 0 aliphatic rings. The minimum Gasteiger partial charge on any atom is -0.484 e. The van der Waals surface area contributed by atoms with Gasteiger partial charge in [-0.15, -0.1) is 0 Å². The van der Waals surface area contributed by atoms with E-state index in [0.29, 0.717) is 23.7 Å². The fourth-order valence-corrected chi connectivity index (χ4v) is 3.94. The molecule has 0 fully saturated rings.